The Morgan fingerprint density at radius 2 is 1.57 bits per heavy atom. The predicted molar refractivity (Wildman–Crippen MR) is 118 cm³/mol. The molecule has 3 rings (SSSR count). The number of aryl methyl sites for hydroxylation is 1. The van der Waals surface area contributed by atoms with Crippen molar-refractivity contribution in [1.82, 2.24) is 0 Å². The second kappa shape index (κ2) is 8.76. The van der Waals surface area contributed by atoms with E-state index < -0.39 is 10.1 Å². The lowest BCUT2D eigenvalue weighted by Gasteiger charge is -2.24. The third kappa shape index (κ3) is 4.83. The van der Waals surface area contributed by atoms with Gasteiger partial charge in [-0.25, -0.2) is 0 Å². The van der Waals surface area contributed by atoms with Crippen LogP contribution in [0.2, 0.25) is 0 Å². The van der Waals surface area contributed by atoms with Crippen molar-refractivity contribution in [2.45, 2.75) is 44.9 Å². The van der Waals surface area contributed by atoms with Gasteiger partial charge in [-0.15, -0.1) is 0 Å². The fraction of sp³-hybridized carbons (Fsp3) is 0.304. The Bertz CT molecular complexity index is 1030. The van der Waals surface area contributed by atoms with Crippen LogP contribution in [0.5, 0.6) is 0 Å². The first-order valence-corrected chi connectivity index (χ1v) is 11.5. The van der Waals surface area contributed by atoms with Crippen LogP contribution in [-0.4, -0.2) is 15.0 Å². The van der Waals surface area contributed by atoms with Crippen molar-refractivity contribution in [1.29, 1.82) is 0 Å². The molecule has 0 amide bonds. The molecule has 0 bridgehead atoms. The molecule has 1 aliphatic rings. The molecule has 1 aliphatic carbocycles. The first-order valence-electron chi connectivity index (χ1n) is 9.35. The van der Waals surface area contributed by atoms with Crippen LogP contribution in [-0.2, 0) is 14.3 Å². The number of hydrogen-bond acceptors (Lipinski definition) is 3. The zero-order valence-corrected chi connectivity index (χ0v) is 18.9. The van der Waals surface area contributed by atoms with Crippen LogP contribution in [0.4, 0.5) is 0 Å². The standard InChI is InChI=1S/C23H25BrO3S/c1-16-8-10-20(11-9-16)28(25,26)27-13-12-19-14-17(2)18(3)15-22(19)21-6-4-5-7-23(21)24/h4-11H,12-15H2,1-3H3. The summed E-state index contributed by atoms with van der Waals surface area (Å²) in [5.74, 6) is 0. The van der Waals surface area contributed by atoms with E-state index in [2.05, 4.69) is 35.8 Å². The van der Waals surface area contributed by atoms with Gasteiger partial charge in [-0.3, -0.25) is 4.18 Å². The highest BCUT2D eigenvalue weighted by Crippen LogP contribution is 2.39. The quantitative estimate of drug-likeness (QED) is 0.368. The summed E-state index contributed by atoms with van der Waals surface area (Å²) in [6.45, 7) is 6.39. The van der Waals surface area contributed by atoms with Crippen molar-refractivity contribution in [2.24, 2.45) is 0 Å². The van der Waals surface area contributed by atoms with Crippen LogP contribution in [0, 0.1) is 6.92 Å². The molecule has 0 atom stereocenters. The largest absolute Gasteiger partial charge is 0.296 e. The molecule has 28 heavy (non-hydrogen) atoms. The van der Waals surface area contributed by atoms with Crippen LogP contribution < -0.4 is 0 Å². The zero-order chi connectivity index (χ0) is 20.3. The minimum Gasteiger partial charge on any atom is -0.266 e. The van der Waals surface area contributed by atoms with Crippen molar-refractivity contribution in [3.63, 3.8) is 0 Å². The average Bonchev–Trinajstić information content (AvgIpc) is 2.65. The summed E-state index contributed by atoms with van der Waals surface area (Å²) in [5, 5.41) is 0. The van der Waals surface area contributed by atoms with Crippen molar-refractivity contribution < 1.29 is 12.6 Å². The summed E-state index contributed by atoms with van der Waals surface area (Å²) in [4.78, 5) is 0.202. The summed E-state index contributed by atoms with van der Waals surface area (Å²) in [5.41, 5.74) is 7.43. The molecule has 0 aromatic heterocycles. The van der Waals surface area contributed by atoms with Gasteiger partial charge in [0, 0.05) is 4.47 Å². The SMILES string of the molecule is CC1=C(C)CC(c2ccccc2Br)=C(CCOS(=O)(=O)c2ccc(C)cc2)C1. The zero-order valence-electron chi connectivity index (χ0n) is 16.5. The Balaban J connectivity index is 1.79. The highest BCUT2D eigenvalue weighted by molar-refractivity contribution is 9.10. The smallest absolute Gasteiger partial charge is 0.266 e. The lowest BCUT2D eigenvalue weighted by Crippen LogP contribution is -2.10. The van der Waals surface area contributed by atoms with E-state index in [1.54, 1.807) is 24.3 Å². The topological polar surface area (TPSA) is 43.4 Å². The third-order valence-corrected chi connectivity index (χ3v) is 7.24. The summed E-state index contributed by atoms with van der Waals surface area (Å²) < 4.78 is 31.3. The molecule has 2 aromatic carbocycles. The molecule has 0 N–H and O–H groups in total. The second-order valence-electron chi connectivity index (χ2n) is 7.32. The van der Waals surface area contributed by atoms with E-state index in [9.17, 15) is 8.42 Å². The van der Waals surface area contributed by atoms with Crippen molar-refractivity contribution in [2.75, 3.05) is 6.61 Å². The van der Waals surface area contributed by atoms with Crippen LogP contribution >= 0.6 is 15.9 Å². The van der Waals surface area contributed by atoms with Crippen molar-refractivity contribution in [3.05, 3.63) is 80.8 Å². The fourth-order valence-electron chi connectivity index (χ4n) is 3.40. The van der Waals surface area contributed by atoms with Crippen molar-refractivity contribution >= 4 is 31.6 Å². The number of allylic oxidation sites excluding steroid dienone is 3. The van der Waals surface area contributed by atoms with E-state index in [0.717, 1.165) is 22.9 Å². The fourth-order valence-corrected chi connectivity index (χ4v) is 4.83. The molecule has 0 spiro atoms. The molecule has 5 heteroatoms. The number of rotatable bonds is 6. The van der Waals surface area contributed by atoms with Gasteiger partial charge in [-0.05, 0) is 69.4 Å². The maximum atomic E-state index is 12.5. The highest BCUT2D eigenvalue weighted by atomic mass is 79.9. The first kappa shape index (κ1) is 21.0. The van der Waals surface area contributed by atoms with Crippen LogP contribution in [0.25, 0.3) is 5.57 Å². The molecule has 0 heterocycles. The summed E-state index contributed by atoms with van der Waals surface area (Å²) in [7, 11) is -3.74. The van der Waals surface area contributed by atoms with Gasteiger partial charge < -0.3 is 0 Å². The monoisotopic (exact) mass is 460 g/mol. The van der Waals surface area contributed by atoms with E-state index in [-0.39, 0.29) is 11.5 Å². The first-order chi connectivity index (χ1) is 13.3. The summed E-state index contributed by atoms with van der Waals surface area (Å²) in [6.07, 6.45) is 2.33. The molecule has 3 nitrogen and oxygen atoms in total. The van der Waals surface area contributed by atoms with Gasteiger partial charge in [-0.2, -0.15) is 8.42 Å². The number of benzene rings is 2. The van der Waals surface area contributed by atoms with Gasteiger partial charge in [-0.1, -0.05) is 68.5 Å². The van der Waals surface area contributed by atoms with Gasteiger partial charge >= 0.3 is 0 Å². The normalized spacial score (nSPS) is 15.3. The maximum absolute atomic E-state index is 12.5. The Morgan fingerprint density at radius 1 is 0.929 bits per heavy atom. The van der Waals surface area contributed by atoms with E-state index >= 15 is 0 Å². The minimum atomic E-state index is -3.74. The lowest BCUT2D eigenvalue weighted by molar-refractivity contribution is 0.321. The van der Waals surface area contributed by atoms with Gasteiger partial charge in [0.2, 0.25) is 0 Å². The summed E-state index contributed by atoms with van der Waals surface area (Å²) in [6, 6.07) is 14.9. The summed E-state index contributed by atoms with van der Waals surface area (Å²) >= 11 is 3.65. The van der Waals surface area contributed by atoms with Crippen LogP contribution in [0.3, 0.4) is 0 Å². The molecule has 0 radical (unpaired) electrons. The Morgan fingerprint density at radius 3 is 2.25 bits per heavy atom. The maximum Gasteiger partial charge on any atom is 0.296 e. The lowest BCUT2D eigenvalue weighted by atomic mass is 9.83. The highest BCUT2D eigenvalue weighted by Gasteiger charge is 2.20. The second-order valence-corrected chi connectivity index (χ2v) is 9.79. The molecule has 0 fully saturated rings. The molecule has 0 aliphatic heterocycles. The molecular weight excluding hydrogens is 436 g/mol. The van der Waals surface area contributed by atoms with E-state index in [0.29, 0.717) is 6.42 Å². The molecule has 0 unspecified atom stereocenters. The Kier molecular flexibility index (Phi) is 6.58. The molecule has 2 aromatic rings. The molecular formula is C23H25BrO3S. The molecule has 0 saturated carbocycles. The number of halogens is 1. The van der Waals surface area contributed by atoms with Gasteiger partial charge in [0.15, 0.2) is 0 Å². The van der Waals surface area contributed by atoms with E-state index in [1.807, 2.05) is 25.1 Å². The van der Waals surface area contributed by atoms with Crippen LogP contribution in [0.1, 0.15) is 44.2 Å². The minimum absolute atomic E-state index is 0.145. The van der Waals surface area contributed by atoms with Crippen molar-refractivity contribution in [3.8, 4) is 0 Å². The third-order valence-electron chi connectivity index (χ3n) is 5.23. The predicted octanol–water partition coefficient (Wildman–Crippen LogP) is 6.44. The Labute approximate surface area is 176 Å². The average molecular weight is 461 g/mol. The van der Waals surface area contributed by atoms with E-state index in [1.165, 1.54) is 27.9 Å². The Hall–Kier alpha value is -1.69. The van der Waals surface area contributed by atoms with Gasteiger partial charge in [0.1, 0.15) is 0 Å². The van der Waals surface area contributed by atoms with Gasteiger partial charge in [0.25, 0.3) is 10.1 Å². The van der Waals surface area contributed by atoms with Crippen LogP contribution in [0.15, 0.2) is 74.6 Å². The molecule has 0 saturated heterocycles. The number of hydrogen-bond donors (Lipinski definition) is 0. The van der Waals surface area contributed by atoms with Gasteiger partial charge in [0.05, 0.1) is 11.5 Å². The molecule has 148 valence electrons. The van der Waals surface area contributed by atoms with E-state index in [4.69, 9.17) is 4.18 Å².